The van der Waals surface area contributed by atoms with Crippen LogP contribution >= 0.6 is 0 Å². The first-order valence-electron chi connectivity index (χ1n) is 13.7. The quantitative estimate of drug-likeness (QED) is 0.581. The molecule has 1 aromatic carbocycles. The van der Waals surface area contributed by atoms with E-state index in [1.54, 1.807) is 0 Å². The van der Waals surface area contributed by atoms with Gasteiger partial charge in [0.15, 0.2) is 0 Å². The van der Waals surface area contributed by atoms with Crippen molar-refractivity contribution in [3.8, 4) is 5.69 Å². The summed E-state index contributed by atoms with van der Waals surface area (Å²) in [5, 5.41) is 13.5. The highest BCUT2D eigenvalue weighted by atomic mass is 16.2. The van der Waals surface area contributed by atoms with Gasteiger partial charge in [0.25, 0.3) is 0 Å². The normalized spacial score (nSPS) is 23.5. The lowest BCUT2D eigenvalue weighted by Gasteiger charge is -2.59. The molecule has 8 rings (SSSR count). The van der Waals surface area contributed by atoms with Crippen molar-refractivity contribution in [1.82, 2.24) is 34.8 Å². The van der Waals surface area contributed by atoms with Gasteiger partial charge in [0.05, 0.1) is 11.4 Å². The number of hydrogen-bond donors (Lipinski definition) is 1. The van der Waals surface area contributed by atoms with Crippen LogP contribution in [0.15, 0.2) is 30.3 Å². The fourth-order valence-electron chi connectivity index (χ4n) is 6.68. The molecule has 2 aromatic heterocycles. The van der Waals surface area contributed by atoms with E-state index in [0.29, 0.717) is 29.1 Å². The first-order valence-corrected chi connectivity index (χ1v) is 13.7. The van der Waals surface area contributed by atoms with Crippen molar-refractivity contribution in [1.29, 1.82) is 0 Å². The molecule has 5 aliphatic rings. The van der Waals surface area contributed by atoms with Gasteiger partial charge in [-0.05, 0) is 69.2 Å². The lowest BCUT2D eigenvalue weighted by molar-refractivity contribution is -0.0601. The highest BCUT2D eigenvalue weighted by Gasteiger charge is 2.56. The highest BCUT2D eigenvalue weighted by molar-refractivity contribution is 5.77. The average molecular weight is 484 g/mol. The van der Waals surface area contributed by atoms with E-state index >= 15 is 0 Å². The zero-order chi connectivity index (χ0) is 24.0. The van der Waals surface area contributed by atoms with Crippen molar-refractivity contribution in [2.75, 3.05) is 26.2 Å². The van der Waals surface area contributed by atoms with Crippen molar-refractivity contribution in [3.05, 3.63) is 58.9 Å². The van der Waals surface area contributed by atoms with Crippen LogP contribution in [-0.4, -0.2) is 67.0 Å². The summed E-state index contributed by atoms with van der Waals surface area (Å²) in [6, 6.07) is 11.3. The molecule has 2 aliphatic heterocycles. The van der Waals surface area contributed by atoms with E-state index in [1.165, 1.54) is 36.9 Å². The maximum Gasteiger partial charge on any atom is 0.320 e. The standard InChI is InChI=1S/C28H33N7O/c1-17-10-24(19-2-3-19)35(32-17)23-8-6-18(7-9-23)22-13-33(14-22)27(36)34-15-28(16-34)11-21(12-28)26-29-25(30-31-26)20-4-5-20/h6-10,19-22H,2-5,11-16H2,1H3,(H,29,30,31). The van der Waals surface area contributed by atoms with E-state index in [0.717, 1.165) is 62.1 Å². The molecule has 2 saturated heterocycles. The summed E-state index contributed by atoms with van der Waals surface area (Å²) in [4.78, 5) is 20.5. The molecule has 8 heteroatoms. The zero-order valence-corrected chi connectivity index (χ0v) is 20.9. The highest BCUT2D eigenvalue weighted by Crippen LogP contribution is 2.56. The number of carbonyl (C=O) groups is 1. The van der Waals surface area contributed by atoms with Crippen LogP contribution in [0.3, 0.4) is 0 Å². The van der Waals surface area contributed by atoms with Gasteiger partial charge in [-0.25, -0.2) is 9.48 Å². The van der Waals surface area contributed by atoms with Crippen LogP contribution in [0.5, 0.6) is 0 Å². The van der Waals surface area contributed by atoms with Gasteiger partial charge in [-0.3, -0.25) is 0 Å². The smallest absolute Gasteiger partial charge is 0.320 e. The second kappa shape index (κ2) is 7.43. The van der Waals surface area contributed by atoms with Crippen molar-refractivity contribution >= 4 is 6.03 Å². The summed E-state index contributed by atoms with van der Waals surface area (Å²) in [7, 11) is 0. The molecule has 186 valence electrons. The Kier molecular flexibility index (Phi) is 4.33. The van der Waals surface area contributed by atoms with Crippen molar-refractivity contribution < 1.29 is 4.79 Å². The van der Waals surface area contributed by atoms with E-state index in [2.05, 4.69) is 57.1 Å². The van der Waals surface area contributed by atoms with Crippen LogP contribution in [0.25, 0.3) is 5.69 Å². The molecule has 3 aromatic rings. The number of amides is 2. The van der Waals surface area contributed by atoms with Gasteiger partial charge in [0, 0.05) is 61.0 Å². The van der Waals surface area contributed by atoms with Gasteiger partial charge >= 0.3 is 6.03 Å². The number of benzene rings is 1. The van der Waals surface area contributed by atoms with Crippen LogP contribution in [0.1, 0.15) is 90.8 Å². The number of aromatic nitrogens is 5. The molecular weight excluding hydrogens is 450 g/mol. The summed E-state index contributed by atoms with van der Waals surface area (Å²) in [5.74, 6) is 4.36. The van der Waals surface area contributed by atoms with Gasteiger partial charge in [0.1, 0.15) is 11.6 Å². The van der Waals surface area contributed by atoms with E-state index < -0.39 is 0 Å². The van der Waals surface area contributed by atoms with E-state index in [1.807, 2.05) is 9.80 Å². The fourth-order valence-corrected chi connectivity index (χ4v) is 6.68. The Morgan fingerprint density at radius 3 is 2.22 bits per heavy atom. The second-order valence-electron chi connectivity index (χ2n) is 12.2. The number of aryl methyl sites for hydroxylation is 1. The number of likely N-dealkylation sites (tertiary alicyclic amines) is 2. The minimum atomic E-state index is 0.216. The zero-order valence-electron chi connectivity index (χ0n) is 20.9. The second-order valence-corrected chi connectivity index (χ2v) is 12.2. The van der Waals surface area contributed by atoms with Crippen molar-refractivity contribution in [2.24, 2.45) is 5.41 Å². The SMILES string of the molecule is Cc1cc(C2CC2)n(-c2ccc(C3CN(C(=O)N4CC5(CC(c6nnc(C7CC7)[nH]6)C5)C4)C3)cc2)n1. The van der Waals surface area contributed by atoms with Crippen molar-refractivity contribution in [2.45, 2.75) is 69.1 Å². The number of aromatic amines is 1. The molecule has 1 N–H and O–H groups in total. The Hall–Kier alpha value is -3.16. The number of nitrogens with zero attached hydrogens (tertiary/aromatic N) is 6. The lowest BCUT2D eigenvalue weighted by Crippen LogP contribution is -2.67. The van der Waals surface area contributed by atoms with Crippen LogP contribution in [0, 0.1) is 12.3 Å². The molecule has 3 saturated carbocycles. The Bertz CT molecular complexity index is 1310. The maximum atomic E-state index is 13.0. The van der Waals surface area contributed by atoms with E-state index in [9.17, 15) is 4.79 Å². The predicted molar refractivity (Wildman–Crippen MR) is 134 cm³/mol. The molecule has 3 aliphatic carbocycles. The van der Waals surface area contributed by atoms with Crippen molar-refractivity contribution in [3.63, 3.8) is 0 Å². The monoisotopic (exact) mass is 483 g/mol. The molecule has 2 amide bonds. The molecule has 36 heavy (non-hydrogen) atoms. The van der Waals surface area contributed by atoms with Gasteiger partial charge in [0.2, 0.25) is 0 Å². The topological polar surface area (TPSA) is 82.9 Å². The number of urea groups is 1. The van der Waals surface area contributed by atoms with Gasteiger partial charge < -0.3 is 14.8 Å². The predicted octanol–water partition coefficient (Wildman–Crippen LogP) is 4.45. The molecule has 5 fully saturated rings. The minimum Gasteiger partial charge on any atom is -0.328 e. The van der Waals surface area contributed by atoms with Gasteiger partial charge in [-0.2, -0.15) is 5.10 Å². The maximum absolute atomic E-state index is 13.0. The summed E-state index contributed by atoms with van der Waals surface area (Å²) < 4.78 is 2.12. The fraction of sp³-hybridized carbons (Fsp3) is 0.571. The molecule has 0 bridgehead atoms. The Balaban J connectivity index is 0.836. The van der Waals surface area contributed by atoms with Crippen LogP contribution < -0.4 is 0 Å². The number of nitrogens with one attached hydrogen (secondary N) is 1. The molecule has 0 atom stereocenters. The largest absolute Gasteiger partial charge is 0.328 e. The van der Waals surface area contributed by atoms with E-state index in [4.69, 9.17) is 5.10 Å². The minimum absolute atomic E-state index is 0.216. The van der Waals surface area contributed by atoms with Gasteiger partial charge in [-0.1, -0.05) is 12.1 Å². The number of carbonyl (C=O) groups excluding carboxylic acids is 1. The third-order valence-electron chi connectivity index (χ3n) is 9.17. The summed E-state index contributed by atoms with van der Waals surface area (Å²) >= 11 is 0. The Labute approximate surface area is 211 Å². The molecule has 0 radical (unpaired) electrons. The molecule has 4 heterocycles. The number of H-pyrrole nitrogens is 1. The van der Waals surface area contributed by atoms with Crippen LogP contribution in [-0.2, 0) is 0 Å². The molecule has 0 unspecified atom stereocenters. The average Bonchev–Trinajstić information content (AvgIpc) is 3.73. The lowest BCUT2D eigenvalue weighted by atomic mass is 9.57. The van der Waals surface area contributed by atoms with Gasteiger partial charge in [-0.15, -0.1) is 10.2 Å². The first-order chi connectivity index (χ1) is 17.5. The number of hydrogen-bond acceptors (Lipinski definition) is 4. The third kappa shape index (κ3) is 3.40. The summed E-state index contributed by atoms with van der Waals surface area (Å²) in [5.41, 5.74) is 5.20. The third-order valence-corrected chi connectivity index (χ3v) is 9.17. The Morgan fingerprint density at radius 1 is 0.889 bits per heavy atom. The van der Waals surface area contributed by atoms with E-state index in [-0.39, 0.29) is 6.03 Å². The van der Waals surface area contributed by atoms with Crippen LogP contribution in [0.2, 0.25) is 0 Å². The molecule has 1 spiro atoms. The Morgan fingerprint density at radius 2 is 1.56 bits per heavy atom. The first kappa shape index (κ1) is 21.0. The summed E-state index contributed by atoms with van der Waals surface area (Å²) in [6.45, 7) is 5.50. The molecule has 8 nitrogen and oxygen atoms in total. The van der Waals surface area contributed by atoms with Crippen LogP contribution in [0.4, 0.5) is 4.79 Å². The molecular formula is C28H33N7O. The number of rotatable bonds is 5. The summed E-state index contributed by atoms with van der Waals surface area (Å²) in [6.07, 6.45) is 7.30.